The minimum absolute atomic E-state index is 0.0573. The maximum Gasteiger partial charge on any atom is 0.259 e. The average molecular weight is 503 g/mol. The first-order chi connectivity index (χ1) is 16.8. The lowest BCUT2D eigenvalue weighted by Crippen LogP contribution is -2.35. The zero-order valence-electron chi connectivity index (χ0n) is 22.0. The van der Waals surface area contributed by atoms with E-state index in [-0.39, 0.29) is 30.5 Å². The maximum atomic E-state index is 8.99. The first-order valence-electron chi connectivity index (χ1n) is 12.3. The van der Waals surface area contributed by atoms with Gasteiger partial charge in [0.2, 0.25) is 0 Å². The van der Waals surface area contributed by atoms with Crippen molar-refractivity contribution in [3.63, 3.8) is 0 Å². The van der Waals surface area contributed by atoms with E-state index in [0.717, 1.165) is 23.1 Å². The lowest BCUT2D eigenvalue weighted by atomic mass is 10.1. The molecule has 3 heterocycles. The Labute approximate surface area is 210 Å². The van der Waals surface area contributed by atoms with Crippen LogP contribution in [0.5, 0.6) is 0 Å². The molecule has 2 aromatic heterocycles. The zero-order valence-corrected chi connectivity index (χ0v) is 22.9. The molecule has 35 heavy (non-hydrogen) atoms. The summed E-state index contributed by atoms with van der Waals surface area (Å²) in [6.07, 6.45) is 7.09. The second-order valence-corrected chi connectivity index (χ2v) is 10.9. The van der Waals surface area contributed by atoms with Crippen LogP contribution >= 0.6 is 8.53 Å². The van der Waals surface area contributed by atoms with Gasteiger partial charge in [-0.1, -0.05) is 6.92 Å². The molecule has 0 saturated carbocycles. The third-order valence-electron chi connectivity index (χ3n) is 5.80. The highest BCUT2D eigenvalue weighted by molar-refractivity contribution is 7.44. The summed E-state index contributed by atoms with van der Waals surface area (Å²) in [4.78, 5) is 11.1. The summed E-state index contributed by atoms with van der Waals surface area (Å²) in [5, 5.41) is 9.98. The summed E-state index contributed by atoms with van der Waals surface area (Å²) in [5.41, 5.74) is 1.72. The monoisotopic (exact) mass is 502 g/mol. The molecule has 1 fully saturated rings. The number of ether oxygens (including phenoxy) is 1. The molecule has 3 rings (SSSR count). The van der Waals surface area contributed by atoms with E-state index in [1.54, 1.807) is 12.5 Å². The number of pyridine rings is 1. The Bertz CT molecular complexity index is 1010. The van der Waals surface area contributed by atoms with Crippen LogP contribution in [0.2, 0.25) is 0 Å². The van der Waals surface area contributed by atoms with Crippen molar-refractivity contribution in [1.82, 2.24) is 19.1 Å². The highest BCUT2D eigenvalue weighted by Crippen LogP contribution is 2.50. The van der Waals surface area contributed by atoms with Gasteiger partial charge in [-0.05, 0) is 46.2 Å². The molecule has 4 atom stereocenters. The van der Waals surface area contributed by atoms with Gasteiger partial charge in [-0.2, -0.15) is 5.26 Å². The smallest absolute Gasteiger partial charge is 0.259 e. The predicted molar refractivity (Wildman–Crippen MR) is 140 cm³/mol. The Morgan fingerprint density at radius 1 is 1.31 bits per heavy atom. The van der Waals surface area contributed by atoms with Gasteiger partial charge in [-0.15, -0.1) is 0 Å². The molecule has 1 aliphatic heterocycles. The Balaban J connectivity index is 1.83. The lowest BCUT2D eigenvalue weighted by molar-refractivity contribution is -0.0163. The van der Waals surface area contributed by atoms with Crippen LogP contribution in [-0.2, 0) is 13.8 Å². The quantitative estimate of drug-likeness (QED) is 0.161. The molecular formula is C25H39N6O3P. The second kappa shape index (κ2) is 12.8. The number of nitrogens with zero attached hydrogens (tertiary/aromatic N) is 6. The molecule has 0 spiro atoms. The van der Waals surface area contributed by atoms with Gasteiger partial charge < -0.3 is 23.3 Å². The Morgan fingerprint density at radius 3 is 2.69 bits per heavy atom. The number of rotatable bonds is 12. The van der Waals surface area contributed by atoms with E-state index in [9.17, 15) is 0 Å². The van der Waals surface area contributed by atoms with Crippen molar-refractivity contribution in [3.05, 3.63) is 24.5 Å². The van der Waals surface area contributed by atoms with E-state index in [1.807, 2.05) is 37.3 Å². The molecule has 1 unspecified atom stereocenters. The topological polar surface area (TPSA) is 88.1 Å². The molecule has 0 radical (unpaired) electrons. The van der Waals surface area contributed by atoms with Crippen molar-refractivity contribution in [2.45, 2.75) is 84.4 Å². The molecule has 192 valence electrons. The van der Waals surface area contributed by atoms with Crippen LogP contribution in [-0.4, -0.2) is 70.5 Å². The van der Waals surface area contributed by atoms with Gasteiger partial charge >= 0.3 is 0 Å². The summed E-state index contributed by atoms with van der Waals surface area (Å²) >= 11 is 0. The molecule has 9 nitrogen and oxygen atoms in total. The molecule has 1 saturated heterocycles. The lowest BCUT2D eigenvalue weighted by Gasteiger charge is -2.37. The van der Waals surface area contributed by atoms with Crippen LogP contribution < -0.4 is 0 Å². The van der Waals surface area contributed by atoms with Crippen LogP contribution in [0.3, 0.4) is 0 Å². The fourth-order valence-corrected chi connectivity index (χ4v) is 6.08. The molecule has 0 amide bonds. The molecule has 0 N–H and O–H groups in total. The van der Waals surface area contributed by atoms with E-state index in [1.165, 1.54) is 0 Å². The number of aromatic nitrogens is 2. The first-order valence-corrected chi connectivity index (χ1v) is 13.5. The third kappa shape index (κ3) is 6.78. The molecular weight excluding hydrogens is 463 g/mol. The number of hydrogen-bond acceptors (Lipinski definition) is 7. The van der Waals surface area contributed by atoms with Crippen molar-refractivity contribution in [2.75, 3.05) is 20.7 Å². The highest BCUT2D eigenvalue weighted by Gasteiger charge is 2.40. The summed E-state index contributed by atoms with van der Waals surface area (Å²) in [6.45, 7) is 11.0. The van der Waals surface area contributed by atoms with Gasteiger partial charge in [0.15, 0.2) is 0 Å². The highest BCUT2D eigenvalue weighted by atomic mass is 31.2. The van der Waals surface area contributed by atoms with Gasteiger partial charge in [-0.25, -0.2) is 14.6 Å². The molecule has 10 heteroatoms. The van der Waals surface area contributed by atoms with Gasteiger partial charge in [0, 0.05) is 50.4 Å². The largest absolute Gasteiger partial charge is 0.369 e. The van der Waals surface area contributed by atoms with Crippen molar-refractivity contribution in [2.24, 2.45) is 4.99 Å². The zero-order chi connectivity index (χ0) is 25.5. The summed E-state index contributed by atoms with van der Waals surface area (Å²) < 4.78 is 23.6. The Hall–Kier alpha value is -2.08. The molecule has 0 aliphatic carbocycles. The van der Waals surface area contributed by atoms with Crippen molar-refractivity contribution in [3.8, 4) is 6.07 Å². The van der Waals surface area contributed by atoms with E-state index < -0.39 is 8.53 Å². The maximum absolute atomic E-state index is 8.99. The van der Waals surface area contributed by atoms with Crippen molar-refractivity contribution in [1.29, 1.82) is 5.26 Å². The van der Waals surface area contributed by atoms with Gasteiger partial charge in [0.05, 0.1) is 43.3 Å². The van der Waals surface area contributed by atoms with Gasteiger partial charge in [0.25, 0.3) is 8.53 Å². The summed E-state index contributed by atoms with van der Waals surface area (Å²) in [5.74, 6) is 0. The molecule has 0 aromatic carbocycles. The van der Waals surface area contributed by atoms with Crippen LogP contribution in [0, 0.1) is 11.3 Å². The SMILES string of the molecule is CC[C@H]1O[C@@H](n2ccc3c(N=CN(C)C)ccnc32)C[C@@H]1OP(OCCC#N)N(C(C)C)C(C)C. The molecule has 1 aliphatic rings. The average Bonchev–Trinajstić information content (AvgIpc) is 3.41. The standard InChI is InChI=1S/C25H39N6O3P/c1-8-22-23(34-35(32-15-9-12-26)31(18(2)3)19(4)5)16-24(33-22)30-14-11-20-21(28-17-29(6)7)10-13-27-25(20)30/h10-11,13-14,17-19,22-24H,8-9,15-16H2,1-7H3/t22-,23+,24-,35?/m1/s1. The Morgan fingerprint density at radius 2 is 2.06 bits per heavy atom. The van der Waals surface area contributed by atoms with E-state index in [2.05, 4.69) is 59.9 Å². The van der Waals surface area contributed by atoms with E-state index in [0.29, 0.717) is 19.4 Å². The van der Waals surface area contributed by atoms with Gasteiger partial charge in [0.1, 0.15) is 11.9 Å². The predicted octanol–water partition coefficient (Wildman–Crippen LogP) is 5.62. The van der Waals surface area contributed by atoms with E-state index in [4.69, 9.17) is 19.0 Å². The number of aliphatic imine (C=N–C) groups is 1. The van der Waals surface area contributed by atoms with Crippen LogP contribution in [0.1, 0.15) is 60.1 Å². The minimum Gasteiger partial charge on any atom is -0.369 e. The molecule has 2 aromatic rings. The van der Waals surface area contributed by atoms with Crippen molar-refractivity contribution < 1.29 is 13.8 Å². The van der Waals surface area contributed by atoms with Crippen LogP contribution in [0.15, 0.2) is 29.5 Å². The van der Waals surface area contributed by atoms with Crippen LogP contribution in [0.4, 0.5) is 5.69 Å². The Kier molecular flexibility index (Phi) is 10.0. The van der Waals surface area contributed by atoms with Crippen molar-refractivity contribution >= 4 is 31.6 Å². The summed E-state index contributed by atoms with van der Waals surface area (Å²) in [7, 11) is 2.56. The number of fused-ring (bicyclic) bond motifs is 1. The normalized spacial score (nSPS) is 21.6. The van der Waals surface area contributed by atoms with Crippen LogP contribution in [0.25, 0.3) is 11.0 Å². The number of nitriles is 1. The molecule has 0 bridgehead atoms. The second-order valence-electron chi connectivity index (χ2n) is 9.46. The fourth-order valence-electron chi connectivity index (χ4n) is 4.32. The minimum atomic E-state index is -1.33. The first kappa shape index (κ1) is 27.5. The fraction of sp³-hybridized carbons (Fsp3) is 0.640. The van der Waals surface area contributed by atoms with E-state index >= 15 is 0 Å². The number of hydrogen-bond donors (Lipinski definition) is 0. The summed E-state index contributed by atoms with van der Waals surface area (Å²) in [6, 6.07) is 6.62. The third-order valence-corrected chi connectivity index (χ3v) is 7.96. The van der Waals surface area contributed by atoms with Gasteiger partial charge in [-0.3, -0.25) is 0 Å².